The van der Waals surface area contributed by atoms with Crippen LogP contribution in [0.2, 0.25) is 0 Å². The molecule has 1 aromatic heterocycles. The third kappa shape index (κ3) is 2.60. The molecule has 1 saturated heterocycles. The number of carbonyl (C=O) groups is 1. The number of likely N-dealkylation sites (tertiary alicyclic amines) is 1. The number of hydrogen-bond acceptors (Lipinski definition) is 2. The van der Waals surface area contributed by atoms with Crippen LogP contribution in [0.4, 0.5) is 0 Å². The Hall–Kier alpha value is -2.03. The highest BCUT2D eigenvalue weighted by molar-refractivity contribution is 6.00. The van der Waals surface area contributed by atoms with E-state index < -0.39 is 0 Å². The lowest BCUT2D eigenvalue weighted by Crippen LogP contribution is -2.47. The summed E-state index contributed by atoms with van der Waals surface area (Å²) >= 11 is 0. The van der Waals surface area contributed by atoms with Gasteiger partial charge in [-0.05, 0) is 51.3 Å². The van der Waals surface area contributed by atoms with E-state index in [9.17, 15) is 4.79 Å². The molecule has 1 amide bonds. The maximum absolute atomic E-state index is 13.0. The zero-order valence-electron chi connectivity index (χ0n) is 12.6. The Morgan fingerprint density at radius 3 is 2.48 bits per heavy atom. The van der Waals surface area contributed by atoms with Gasteiger partial charge in [-0.2, -0.15) is 0 Å². The molecular formula is C18H21NO2. The number of benzene rings is 1. The van der Waals surface area contributed by atoms with Crippen molar-refractivity contribution >= 4 is 5.91 Å². The fourth-order valence-electron chi connectivity index (χ4n) is 3.28. The quantitative estimate of drug-likeness (QED) is 0.821. The van der Waals surface area contributed by atoms with E-state index in [1.165, 1.54) is 6.42 Å². The summed E-state index contributed by atoms with van der Waals surface area (Å²) in [6.45, 7) is 4.28. The van der Waals surface area contributed by atoms with Crippen LogP contribution in [0.5, 0.6) is 0 Å². The van der Waals surface area contributed by atoms with Crippen LogP contribution in [-0.4, -0.2) is 22.9 Å². The largest absolute Gasteiger partial charge is 0.464 e. The smallest absolute Gasteiger partial charge is 0.255 e. The second-order valence-corrected chi connectivity index (χ2v) is 5.86. The third-order valence-corrected chi connectivity index (χ3v) is 4.37. The van der Waals surface area contributed by atoms with Crippen molar-refractivity contribution in [2.75, 3.05) is 0 Å². The Kier molecular flexibility index (Phi) is 3.82. The summed E-state index contributed by atoms with van der Waals surface area (Å²) in [6.07, 6.45) is 5.01. The molecule has 1 aromatic carbocycles. The first kappa shape index (κ1) is 13.9. The minimum atomic E-state index is 0.113. The number of furan rings is 1. The predicted molar refractivity (Wildman–Crippen MR) is 83.1 cm³/mol. The molecule has 2 heterocycles. The molecule has 0 spiro atoms. The SMILES string of the molecule is CC1CCCC(C)N1C(=O)c1ccccc1-c1ccco1. The van der Waals surface area contributed by atoms with Gasteiger partial charge in [-0.25, -0.2) is 0 Å². The van der Waals surface area contributed by atoms with Gasteiger partial charge in [0.25, 0.3) is 5.91 Å². The number of amides is 1. The van der Waals surface area contributed by atoms with Crippen LogP contribution in [0, 0.1) is 0 Å². The molecule has 0 aliphatic carbocycles. The van der Waals surface area contributed by atoms with E-state index >= 15 is 0 Å². The molecule has 3 nitrogen and oxygen atoms in total. The first-order chi connectivity index (χ1) is 10.2. The molecular weight excluding hydrogens is 262 g/mol. The molecule has 0 bridgehead atoms. The molecule has 0 N–H and O–H groups in total. The zero-order chi connectivity index (χ0) is 14.8. The number of hydrogen-bond donors (Lipinski definition) is 0. The number of nitrogens with zero attached hydrogens (tertiary/aromatic N) is 1. The van der Waals surface area contributed by atoms with Crippen LogP contribution >= 0.6 is 0 Å². The van der Waals surface area contributed by atoms with Crippen LogP contribution in [0.25, 0.3) is 11.3 Å². The van der Waals surface area contributed by atoms with Crippen LogP contribution in [0.15, 0.2) is 47.1 Å². The molecule has 3 heteroatoms. The third-order valence-electron chi connectivity index (χ3n) is 4.37. The van der Waals surface area contributed by atoms with Crippen molar-refractivity contribution in [1.29, 1.82) is 0 Å². The van der Waals surface area contributed by atoms with Crippen molar-refractivity contribution in [1.82, 2.24) is 4.90 Å². The first-order valence-electron chi connectivity index (χ1n) is 7.64. The normalized spacial score (nSPS) is 22.3. The zero-order valence-corrected chi connectivity index (χ0v) is 12.6. The van der Waals surface area contributed by atoms with Gasteiger partial charge in [0.05, 0.1) is 11.8 Å². The van der Waals surface area contributed by atoms with E-state index in [0.717, 1.165) is 29.7 Å². The molecule has 0 saturated carbocycles. The van der Waals surface area contributed by atoms with Gasteiger partial charge in [0.1, 0.15) is 5.76 Å². The van der Waals surface area contributed by atoms with E-state index in [1.807, 2.05) is 41.3 Å². The molecule has 2 atom stereocenters. The lowest BCUT2D eigenvalue weighted by molar-refractivity contribution is 0.0511. The molecule has 0 radical (unpaired) electrons. The maximum atomic E-state index is 13.0. The Balaban J connectivity index is 1.98. The minimum Gasteiger partial charge on any atom is -0.464 e. The Labute approximate surface area is 125 Å². The van der Waals surface area contributed by atoms with Crippen LogP contribution in [0.3, 0.4) is 0 Å². The Bertz CT molecular complexity index is 608. The summed E-state index contributed by atoms with van der Waals surface area (Å²) in [4.78, 5) is 15.1. The molecule has 1 fully saturated rings. The van der Waals surface area contributed by atoms with Crippen molar-refractivity contribution in [3.8, 4) is 11.3 Å². The lowest BCUT2D eigenvalue weighted by Gasteiger charge is -2.39. The van der Waals surface area contributed by atoms with E-state index in [0.29, 0.717) is 12.1 Å². The van der Waals surface area contributed by atoms with Crippen LogP contribution < -0.4 is 0 Å². The fraction of sp³-hybridized carbons (Fsp3) is 0.389. The summed E-state index contributed by atoms with van der Waals surface area (Å²) in [5.41, 5.74) is 1.60. The molecule has 3 rings (SSSR count). The average Bonchev–Trinajstić information content (AvgIpc) is 3.01. The minimum absolute atomic E-state index is 0.113. The molecule has 21 heavy (non-hydrogen) atoms. The molecule has 2 aromatic rings. The second-order valence-electron chi connectivity index (χ2n) is 5.86. The topological polar surface area (TPSA) is 33.5 Å². The lowest BCUT2D eigenvalue weighted by atomic mass is 9.95. The van der Waals surface area contributed by atoms with Gasteiger partial charge < -0.3 is 9.32 Å². The summed E-state index contributed by atoms with van der Waals surface area (Å²) in [6, 6.07) is 12.0. The molecule has 2 unspecified atom stereocenters. The van der Waals surface area contributed by atoms with Crippen molar-refractivity contribution in [2.45, 2.75) is 45.2 Å². The van der Waals surface area contributed by atoms with Crippen molar-refractivity contribution in [2.24, 2.45) is 0 Å². The van der Waals surface area contributed by atoms with Crippen molar-refractivity contribution in [3.05, 3.63) is 48.2 Å². The van der Waals surface area contributed by atoms with Crippen molar-refractivity contribution in [3.63, 3.8) is 0 Å². The van der Waals surface area contributed by atoms with Crippen LogP contribution in [0.1, 0.15) is 43.5 Å². The van der Waals surface area contributed by atoms with E-state index in [1.54, 1.807) is 6.26 Å². The molecule has 1 aliphatic rings. The average molecular weight is 283 g/mol. The van der Waals surface area contributed by atoms with Gasteiger partial charge in [-0.15, -0.1) is 0 Å². The highest BCUT2D eigenvalue weighted by Gasteiger charge is 2.30. The first-order valence-corrected chi connectivity index (χ1v) is 7.64. The summed E-state index contributed by atoms with van der Waals surface area (Å²) < 4.78 is 5.48. The monoisotopic (exact) mass is 283 g/mol. The highest BCUT2D eigenvalue weighted by Crippen LogP contribution is 2.29. The standard InChI is InChI=1S/C18H21NO2/c1-13-7-5-8-14(2)19(13)18(20)16-10-4-3-9-15(16)17-11-6-12-21-17/h3-4,6,9-14H,5,7-8H2,1-2H3. The molecule has 110 valence electrons. The van der Waals surface area contributed by atoms with Crippen molar-refractivity contribution < 1.29 is 9.21 Å². The summed E-state index contributed by atoms with van der Waals surface area (Å²) in [5, 5.41) is 0. The van der Waals surface area contributed by atoms with Gasteiger partial charge in [-0.1, -0.05) is 18.2 Å². The molecule has 1 aliphatic heterocycles. The predicted octanol–water partition coefficient (Wildman–Crippen LogP) is 4.35. The maximum Gasteiger partial charge on any atom is 0.255 e. The van der Waals surface area contributed by atoms with Crippen LogP contribution in [-0.2, 0) is 0 Å². The van der Waals surface area contributed by atoms with Gasteiger partial charge >= 0.3 is 0 Å². The summed E-state index contributed by atoms with van der Waals surface area (Å²) in [5.74, 6) is 0.859. The number of rotatable bonds is 2. The van der Waals surface area contributed by atoms with Gasteiger partial charge in [0.2, 0.25) is 0 Å². The van der Waals surface area contributed by atoms with Gasteiger partial charge in [0, 0.05) is 17.6 Å². The number of carbonyl (C=O) groups excluding carboxylic acids is 1. The Morgan fingerprint density at radius 1 is 1.10 bits per heavy atom. The Morgan fingerprint density at radius 2 is 1.81 bits per heavy atom. The van der Waals surface area contributed by atoms with Gasteiger partial charge in [-0.3, -0.25) is 4.79 Å². The van der Waals surface area contributed by atoms with E-state index in [2.05, 4.69) is 13.8 Å². The van der Waals surface area contributed by atoms with E-state index in [4.69, 9.17) is 4.42 Å². The fourth-order valence-corrected chi connectivity index (χ4v) is 3.28. The second kappa shape index (κ2) is 5.76. The summed E-state index contributed by atoms with van der Waals surface area (Å²) in [7, 11) is 0. The highest BCUT2D eigenvalue weighted by atomic mass is 16.3. The number of piperidine rings is 1. The van der Waals surface area contributed by atoms with E-state index in [-0.39, 0.29) is 5.91 Å². The van der Waals surface area contributed by atoms with Gasteiger partial charge in [0.15, 0.2) is 0 Å².